The van der Waals surface area contributed by atoms with Gasteiger partial charge < -0.3 is 10.0 Å². The second-order valence-corrected chi connectivity index (χ2v) is 6.55. The van der Waals surface area contributed by atoms with Crippen molar-refractivity contribution >= 4 is 5.91 Å². The number of benzene rings is 2. The first kappa shape index (κ1) is 16.7. The maximum absolute atomic E-state index is 12.5. The maximum Gasteiger partial charge on any atom is 0.253 e. The van der Waals surface area contributed by atoms with E-state index in [4.69, 9.17) is 0 Å². The molecule has 1 atom stereocenters. The molecule has 1 saturated heterocycles. The van der Waals surface area contributed by atoms with Gasteiger partial charge in [-0.2, -0.15) is 0 Å². The molecule has 0 aromatic heterocycles. The molecule has 1 N–H and O–H groups in total. The number of rotatable bonds is 5. The fraction of sp³-hybridized carbons (Fsp3) is 0.350. The fourth-order valence-corrected chi connectivity index (χ4v) is 3.17. The van der Waals surface area contributed by atoms with Gasteiger partial charge in [0.25, 0.3) is 5.91 Å². The molecule has 126 valence electrons. The van der Waals surface area contributed by atoms with Crippen molar-refractivity contribution in [3.8, 4) is 0 Å². The molecule has 0 saturated carbocycles. The molecular weight excluding hydrogens is 300 g/mol. The van der Waals surface area contributed by atoms with Crippen LogP contribution in [0.5, 0.6) is 0 Å². The highest BCUT2D eigenvalue weighted by molar-refractivity contribution is 5.94. The predicted octanol–water partition coefficient (Wildman–Crippen LogP) is 2.53. The van der Waals surface area contributed by atoms with E-state index in [1.54, 1.807) is 4.90 Å². The van der Waals surface area contributed by atoms with Crippen LogP contribution >= 0.6 is 0 Å². The summed E-state index contributed by atoms with van der Waals surface area (Å²) in [5.41, 5.74) is 3.10. The molecule has 0 radical (unpaired) electrons. The van der Waals surface area contributed by atoms with E-state index >= 15 is 0 Å². The number of β-amino-alcohol motifs (C(OH)–C–C–N with tert-alkyl or cyclic N) is 1. The normalized spacial score (nSPS) is 17.5. The zero-order chi connectivity index (χ0) is 16.9. The van der Waals surface area contributed by atoms with Crippen LogP contribution in [0.4, 0.5) is 0 Å². The molecule has 1 heterocycles. The summed E-state index contributed by atoms with van der Waals surface area (Å²) >= 11 is 0. The van der Waals surface area contributed by atoms with Crippen LogP contribution in [0.3, 0.4) is 0 Å². The number of carbonyl (C=O) groups is 1. The summed E-state index contributed by atoms with van der Waals surface area (Å²) in [6.45, 7) is 2.74. The molecule has 4 heteroatoms. The second kappa shape index (κ2) is 7.60. The zero-order valence-corrected chi connectivity index (χ0v) is 14.1. The molecule has 2 aromatic rings. The minimum Gasteiger partial charge on any atom is -0.391 e. The van der Waals surface area contributed by atoms with E-state index in [0.717, 1.165) is 18.7 Å². The van der Waals surface area contributed by atoms with E-state index in [9.17, 15) is 9.90 Å². The number of likely N-dealkylation sites (tertiary alicyclic amines) is 1. The van der Waals surface area contributed by atoms with Crippen molar-refractivity contribution in [2.45, 2.75) is 25.6 Å². The summed E-state index contributed by atoms with van der Waals surface area (Å²) in [4.78, 5) is 16.5. The maximum atomic E-state index is 12.5. The highest BCUT2D eigenvalue weighted by atomic mass is 16.3. The van der Waals surface area contributed by atoms with Gasteiger partial charge in [0.15, 0.2) is 0 Å². The standard InChI is InChI=1S/C20H24N2O2/c1-21(13-16-6-3-2-4-7-16)14-17-8-5-9-18(12-17)20(24)22-11-10-19(23)15-22/h2-9,12,19,23H,10-11,13-15H2,1H3/t19-/m1/s1. The lowest BCUT2D eigenvalue weighted by Gasteiger charge is -2.19. The molecule has 0 spiro atoms. The first-order chi connectivity index (χ1) is 11.6. The first-order valence-electron chi connectivity index (χ1n) is 8.40. The number of aliphatic hydroxyl groups excluding tert-OH is 1. The Labute approximate surface area is 143 Å². The Morgan fingerprint density at radius 3 is 2.54 bits per heavy atom. The molecule has 0 unspecified atom stereocenters. The van der Waals surface area contributed by atoms with Gasteiger partial charge in [-0.3, -0.25) is 9.69 Å². The smallest absolute Gasteiger partial charge is 0.253 e. The van der Waals surface area contributed by atoms with Gasteiger partial charge in [0, 0.05) is 31.7 Å². The van der Waals surface area contributed by atoms with Gasteiger partial charge in [0.2, 0.25) is 0 Å². The van der Waals surface area contributed by atoms with E-state index in [2.05, 4.69) is 30.1 Å². The van der Waals surface area contributed by atoms with Crippen molar-refractivity contribution in [2.24, 2.45) is 0 Å². The van der Waals surface area contributed by atoms with Gasteiger partial charge in [-0.25, -0.2) is 0 Å². The van der Waals surface area contributed by atoms with Gasteiger partial charge in [0.1, 0.15) is 0 Å². The monoisotopic (exact) mass is 324 g/mol. The molecule has 1 amide bonds. The third-order valence-corrected chi connectivity index (χ3v) is 4.37. The number of carbonyl (C=O) groups excluding carboxylic acids is 1. The SMILES string of the molecule is CN(Cc1ccccc1)Cc1cccc(C(=O)N2CC[C@@H](O)C2)c1. The van der Waals surface area contributed by atoms with Gasteiger partial charge in [0.05, 0.1) is 6.10 Å². The third kappa shape index (κ3) is 4.22. The van der Waals surface area contributed by atoms with Crippen LogP contribution in [0, 0.1) is 0 Å². The molecule has 24 heavy (non-hydrogen) atoms. The number of amides is 1. The van der Waals surface area contributed by atoms with Crippen molar-refractivity contribution < 1.29 is 9.90 Å². The van der Waals surface area contributed by atoms with Crippen LogP contribution < -0.4 is 0 Å². The minimum absolute atomic E-state index is 0.0131. The van der Waals surface area contributed by atoms with Crippen molar-refractivity contribution in [3.63, 3.8) is 0 Å². The van der Waals surface area contributed by atoms with Crippen LogP contribution in [0.25, 0.3) is 0 Å². The summed E-state index contributed by atoms with van der Waals surface area (Å²) in [6.07, 6.45) is 0.291. The quantitative estimate of drug-likeness (QED) is 0.919. The summed E-state index contributed by atoms with van der Waals surface area (Å²) in [6, 6.07) is 18.2. The van der Waals surface area contributed by atoms with Gasteiger partial charge in [-0.1, -0.05) is 42.5 Å². The molecule has 1 fully saturated rings. The van der Waals surface area contributed by atoms with E-state index in [-0.39, 0.29) is 12.0 Å². The lowest BCUT2D eigenvalue weighted by molar-refractivity contribution is 0.0765. The molecule has 1 aliphatic rings. The summed E-state index contributed by atoms with van der Waals surface area (Å²) < 4.78 is 0. The summed E-state index contributed by atoms with van der Waals surface area (Å²) in [5, 5.41) is 9.61. The number of hydrogen-bond donors (Lipinski definition) is 1. The Morgan fingerprint density at radius 1 is 1.12 bits per heavy atom. The number of nitrogens with zero attached hydrogens (tertiary/aromatic N) is 2. The highest BCUT2D eigenvalue weighted by Gasteiger charge is 2.25. The van der Waals surface area contributed by atoms with Crippen molar-refractivity contribution in [1.82, 2.24) is 9.80 Å². The van der Waals surface area contributed by atoms with E-state index < -0.39 is 0 Å². The van der Waals surface area contributed by atoms with Crippen molar-refractivity contribution in [1.29, 1.82) is 0 Å². The Morgan fingerprint density at radius 2 is 1.83 bits per heavy atom. The molecular formula is C20H24N2O2. The van der Waals surface area contributed by atoms with Gasteiger partial charge >= 0.3 is 0 Å². The average molecular weight is 324 g/mol. The molecule has 4 nitrogen and oxygen atoms in total. The van der Waals surface area contributed by atoms with E-state index in [1.807, 2.05) is 36.4 Å². The molecule has 1 aliphatic heterocycles. The van der Waals surface area contributed by atoms with E-state index in [0.29, 0.717) is 25.1 Å². The minimum atomic E-state index is -0.380. The zero-order valence-electron chi connectivity index (χ0n) is 14.1. The van der Waals surface area contributed by atoms with Gasteiger partial charge in [-0.15, -0.1) is 0 Å². The lowest BCUT2D eigenvalue weighted by atomic mass is 10.1. The molecule has 3 rings (SSSR count). The topological polar surface area (TPSA) is 43.8 Å². The Bertz CT molecular complexity index is 687. The average Bonchev–Trinajstić information content (AvgIpc) is 3.01. The third-order valence-electron chi connectivity index (χ3n) is 4.37. The first-order valence-corrected chi connectivity index (χ1v) is 8.40. The lowest BCUT2D eigenvalue weighted by Crippen LogP contribution is -2.29. The highest BCUT2D eigenvalue weighted by Crippen LogP contribution is 2.16. The van der Waals surface area contributed by atoms with Crippen LogP contribution in [0.2, 0.25) is 0 Å². The summed E-state index contributed by atoms with van der Waals surface area (Å²) in [7, 11) is 2.08. The molecule has 2 aromatic carbocycles. The van der Waals surface area contributed by atoms with Crippen LogP contribution in [-0.2, 0) is 13.1 Å². The molecule has 0 bridgehead atoms. The largest absolute Gasteiger partial charge is 0.391 e. The van der Waals surface area contributed by atoms with E-state index in [1.165, 1.54) is 5.56 Å². The van der Waals surface area contributed by atoms with Gasteiger partial charge in [-0.05, 0) is 36.7 Å². The van der Waals surface area contributed by atoms with Crippen LogP contribution in [0.15, 0.2) is 54.6 Å². The summed E-state index contributed by atoms with van der Waals surface area (Å²) in [5.74, 6) is 0.0131. The number of aliphatic hydroxyl groups is 1. The fourth-order valence-electron chi connectivity index (χ4n) is 3.17. The number of hydrogen-bond acceptors (Lipinski definition) is 3. The van der Waals surface area contributed by atoms with Crippen molar-refractivity contribution in [2.75, 3.05) is 20.1 Å². The van der Waals surface area contributed by atoms with Crippen LogP contribution in [-0.4, -0.2) is 47.1 Å². The second-order valence-electron chi connectivity index (χ2n) is 6.55. The Kier molecular flexibility index (Phi) is 5.28. The predicted molar refractivity (Wildman–Crippen MR) is 94.6 cm³/mol. The Hall–Kier alpha value is -2.17. The Balaban J connectivity index is 1.63. The van der Waals surface area contributed by atoms with Crippen molar-refractivity contribution in [3.05, 3.63) is 71.3 Å². The van der Waals surface area contributed by atoms with Crippen LogP contribution in [0.1, 0.15) is 27.9 Å². The molecule has 0 aliphatic carbocycles.